The minimum atomic E-state index is -4.69. The number of hydrogen-bond acceptors (Lipinski definition) is 5. The molecule has 9 nitrogen and oxygen atoms in total. The zero-order chi connectivity index (χ0) is 33.9. The SMILES string of the molecule is CCN1C(=O)[C@@H](NC(=O)c2cccc(C(F)(F)F)c2)[C@H](c2cc(F)cc(NC(=O)/C=C/CN(C)C)c2)c2cnn(-c3ccccc3)c21. The number of aromatic nitrogens is 2. The van der Waals surface area contributed by atoms with Crippen molar-refractivity contribution in [2.45, 2.75) is 25.1 Å². The average Bonchev–Trinajstić information content (AvgIpc) is 3.45. The number of hydrogen-bond donors (Lipinski definition) is 2. The standard InChI is InChI=1S/C34H32F4N6O3/c1-4-43-32-27(20-39-44(32)26-12-6-5-7-13-26)29(22-17-24(35)19-25(18-22)40-28(45)14-9-15-42(2)3)30(33(43)47)41-31(46)21-10-8-11-23(16-21)34(36,37)38/h5-14,16-20,29-30H,4,15H2,1-3H3,(H,40,45)(H,41,46)/b14-9+/t29-,30+/m1/s1. The Kier molecular flexibility index (Phi) is 9.56. The van der Waals surface area contributed by atoms with Gasteiger partial charge >= 0.3 is 6.18 Å². The summed E-state index contributed by atoms with van der Waals surface area (Å²) in [5.41, 5.74) is 0.0929. The molecule has 3 amide bonds. The Morgan fingerprint density at radius 1 is 1.02 bits per heavy atom. The number of benzene rings is 3. The summed E-state index contributed by atoms with van der Waals surface area (Å²) in [6.45, 7) is 2.40. The fourth-order valence-corrected chi connectivity index (χ4v) is 5.50. The summed E-state index contributed by atoms with van der Waals surface area (Å²) in [6, 6.07) is 15.3. The van der Waals surface area contributed by atoms with Crippen LogP contribution in [0.5, 0.6) is 0 Å². The third-order valence-corrected chi connectivity index (χ3v) is 7.57. The van der Waals surface area contributed by atoms with Crippen molar-refractivity contribution in [2.24, 2.45) is 0 Å². The molecule has 3 aromatic carbocycles. The Morgan fingerprint density at radius 2 is 1.77 bits per heavy atom. The molecule has 2 heterocycles. The minimum Gasteiger partial charge on any atom is -0.339 e. The number of carbonyl (C=O) groups is 3. The van der Waals surface area contributed by atoms with Crippen molar-refractivity contribution in [2.75, 3.05) is 37.4 Å². The van der Waals surface area contributed by atoms with Crippen molar-refractivity contribution in [1.82, 2.24) is 20.0 Å². The fourth-order valence-electron chi connectivity index (χ4n) is 5.50. The molecule has 2 N–H and O–H groups in total. The molecule has 0 bridgehead atoms. The monoisotopic (exact) mass is 648 g/mol. The fraction of sp³-hybridized carbons (Fsp3) is 0.235. The average molecular weight is 649 g/mol. The largest absolute Gasteiger partial charge is 0.416 e. The zero-order valence-corrected chi connectivity index (χ0v) is 25.8. The van der Waals surface area contributed by atoms with Gasteiger partial charge < -0.3 is 15.5 Å². The van der Waals surface area contributed by atoms with Crippen molar-refractivity contribution in [1.29, 1.82) is 0 Å². The van der Waals surface area contributed by atoms with Crippen molar-refractivity contribution in [3.8, 4) is 5.69 Å². The van der Waals surface area contributed by atoms with Gasteiger partial charge in [0.15, 0.2) is 0 Å². The molecule has 47 heavy (non-hydrogen) atoms. The van der Waals surface area contributed by atoms with E-state index in [1.165, 1.54) is 35.4 Å². The second-order valence-corrected chi connectivity index (χ2v) is 11.2. The molecule has 2 atom stereocenters. The van der Waals surface area contributed by atoms with Gasteiger partial charge in [-0.25, -0.2) is 9.07 Å². The first-order chi connectivity index (χ1) is 22.4. The van der Waals surface area contributed by atoms with E-state index in [4.69, 9.17) is 0 Å². The topological polar surface area (TPSA) is 99.6 Å². The van der Waals surface area contributed by atoms with Gasteiger partial charge in [-0.05, 0) is 75.1 Å². The first kappa shape index (κ1) is 33.1. The van der Waals surface area contributed by atoms with E-state index < -0.39 is 47.2 Å². The number of fused-ring (bicyclic) bond motifs is 1. The van der Waals surface area contributed by atoms with E-state index in [2.05, 4.69) is 15.7 Å². The Morgan fingerprint density at radius 3 is 2.45 bits per heavy atom. The lowest BCUT2D eigenvalue weighted by molar-refractivity contribution is -0.137. The van der Waals surface area contributed by atoms with Crippen LogP contribution in [0.15, 0.2) is 91.1 Å². The van der Waals surface area contributed by atoms with Gasteiger partial charge in [-0.3, -0.25) is 19.3 Å². The number of anilines is 2. The van der Waals surface area contributed by atoms with Crippen LogP contribution in [0, 0.1) is 5.82 Å². The van der Waals surface area contributed by atoms with Crippen LogP contribution < -0.4 is 15.5 Å². The highest BCUT2D eigenvalue weighted by molar-refractivity contribution is 6.05. The first-order valence-corrected chi connectivity index (χ1v) is 14.7. The molecule has 1 aliphatic rings. The second kappa shape index (κ2) is 13.6. The van der Waals surface area contributed by atoms with Gasteiger partial charge in [-0.1, -0.05) is 30.3 Å². The van der Waals surface area contributed by atoms with Gasteiger partial charge in [0.1, 0.15) is 17.7 Å². The maximum absolute atomic E-state index is 15.2. The van der Waals surface area contributed by atoms with Crippen LogP contribution in [0.1, 0.15) is 39.9 Å². The lowest BCUT2D eigenvalue weighted by Gasteiger charge is -2.38. The van der Waals surface area contributed by atoms with Gasteiger partial charge in [-0.15, -0.1) is 0 Å². The molecular weight excluding hydrogens is 616 g/mol. The maximum atomic E-state index is 15.2. The highest BCUT2D eigenvalue weighted by Gasteiger charge is 2.44. The normalized spacial score (nSPS) is 16.4. The van der Waals surface area contributed by atoms with Crippen molar-refractivity contribution in [3.05, 3.63) is 119 Å². The molecule has 1 aliphatic heterocycles. The van der Waals surface area contributed by atoms with E-state index in [9.17, 15) is 27.6 Å². The molecule has 4 aromatic rings. The van der Waals surface area contributed by atoms with Gasteiger partial charge in [0.2, 0.25) is 5.91 Å². The van der Waals surface area contributed by atoms with Crippen LogP contribution >= 0.6 is 0 Å². The van der Waals surface area contributed by atoms with E-state index in [1.807, 2.05) is 25.1 Å². The van der Waals surface area contributed by atoms with Crippen molar-refractivity contribution in [3.63, 3.8) is 0 Å². The van der Waals surface area contributed by atoms with E-state index in [1.54, 1.807) is 41.9 Å². The molecule has 0 saturated heterocycles. The highest BCUT2D eigenvalue weighted by atomic mass is 19.4. The number of nitrogens with zero attached hydrogens (tertiary/aromatic N) is 4. The summed E-state index contributed by atoms with van der Waals surface area (Å²) in [5, 5.41) is 9.79. The highest BCUT2D eigenvalue weighted by Crippen LogP contribution is 2.42. The van der Waals surface area contributed by atoms with E-state index in [0.29, 0.717) is 29.7 Å². The number of likely N-dealkylation sites (N-methyl/N-ethyl adjacent to an activating group) is 2. The van der Waals surface area contributed by atoms with Crippen molar-refractivity contribution < 1.29 is 31.9 Å². The summed E-state index contributed by atoms with van der Waals surface area (Å²) in [6.07, 6.45) is -0.228. The molecule has 13 heteroatoms. The predicted molar refractivity (Wildman–Crippen MR) is 169 cm³/mol. The molecule has 0 radical (unpaired) electrons. The summed E-state index contributed by atoms with van der Waals surface area (Å²) in [7, 11) is 3.67. The number of carbonyl (C=O) groups excluding carboxylic acids is 3. The van der Waals surface area contributed by atoms with Crippen LogP contribution in [-0.4, -0.2) is 65.6 Å². The summed E-state index contributed by atoms with van der Waals surface area (Å²) < 4.78 is 57.1. The molecule has 0 spiro atoms. The lowest BCUT2D eigenvalue weighted by atomic mass is 9.82. The molecule has 0 unspecified atom stereocenters. The van der Waals surface area contributed by atoms with E-state index in [-0.39, 0.29) is 23.4 Å². The Hall–Kier alpha value is -5.30. The molecule has 5 rings (SSSR count). The number of amides is 3. The smallest absolute Gasteiger partial charge is 0.339 e. The third kappa shape index (κ3) is 7.25. The number of nitrogens with one attached hydrogen (secondary N) is 2. The molecule has 0 fully saturated rings. The lowest BCUT2D eigenvalue weighted by Crippen LogP contribution is -2.55. The summed E-state index contributed by atoms with van der Waals surface area (Å²) in [4.78, 5) is 43.5. The van der Waals surface area contributed by atoms with Crippen LogP contribution in [0.25, 0.3) is 5.69 Å². The minimum absolute atomic E-state index is 0.102. The Balaban J connectivity index is 1.61. The van der Waals surface area contributed by atoms with Gasteiger partial charge in [0.05, 0.1) is 17.4 Å². The summed E-state index contributed by atoms with van der Waals surface area (Å²) >= 11 is 0. The van der Waals surface area contributed by atoms with Crippen LogP contribution in [-0.2, 0) is 15.8 Å². The van der Waals surface area contributed by atoms with Crippen LogP contribution in [0.4, 0.5) is 29.1 Å². The van der Waals surface area contributed by atoms with Gasteiger partial charge in [0.25, 0.3) is 11.8 Å². The number of halogens is 4. The van der Waals surface area contributed by atoms with E-state index in [0.717, 1.165) is 18.2 Å². The second-order valence-electron chi connectivity index (χ2n) is 11.2. The molecule has 1 aromatic heterocycles. The number of rotatable bonds is 9. The number of para-hydroxylation sites is 1. The Bertz CT molecular complexity index is 1820. The maximum Gasteiger partial charge on any atom is 0.416 e. The molecule has 244 valence electrons. The molecule has 0 aliphatic carbocycles. The summed E-state index contributed by atoms with van der Waals surface area (Å²) in [5.74, 6) is -3.38. The van der Waals surface area contributed by atoms with Crippen LogP contribution in [0.2, 0.25) is 0 Å². The third-order valence-electron chi connectivity index (χ3n) is 7.57. The van der Waals surface area contributed by atoms with Gasteiger partial charge in [-0.2, -0.15) is 18.3 Å². The van der Waals surface area contributed by atoms with Gasteiger partial charge in [0, 0.05) is 41.9 Å². The van der Waals surface area contributed by atoms with Crippen molar-refractivity contribution >= 4 is 29.2 Å². The Labute approximate surface area is 268 Å². The molecular formula is C34H32F4N6O3. The first-order valence-electron chi connectivity index (χ1n) is 14.7. The van der Waals surface area contributed by atoms with E-state index >= 15 is 4.39 Å². The zero-order valence-electron chi connectivity index (χ0n) is 25.8. The van der Waals surface area contributed by atoms with Crippen LogP contribution in [0.3, 0.4) is 0 Å². The number of alkyl halides is 3. The molecule has 0 saturated carbocycles. The quantitative estimate of drug-likeness (QED) is 0.188. The predicted octanol–water partition coefficient (Wildman–Crippen LogP) is 5.38.